The summed E-state index contributed by atoms with van der Waals surface area (Å²) in [5, 5.41) is 19.6. The molecule has 1 aromatic carbocycles. The maximum absolute atomic E-state index is 11.5. The van der Waals surface area contributed by atoms with E-state index < -0.39 is 0 Å². The fourth-order valence-electron chi connectivity index (χ4n) is 4.01. The first-order valence-corrected chi connectivity index (χ1v) is 10.5. The van der Waals surface area contributed by atoms with Crippen molar-refractivity contribution in [3.63, 3.8) is 0 Å². The molecule has 0 N–H and O–H groups in total. The number of hydrogen-bond acceptors (Lipinski definition) is 7. The largest absolute Gasteiger partial charge is 0.347 e. The molecule has 0 atom stereocenters. The molecule has 0 saturated carbocycles. The molecule has 2 aliphatic rings. The Bertz CT molecular complexity index is 875. The molecule has 28 heavy (non-hydrogen) atoms. The molecule has 8 heteroatoms. The van der Waals surface area contributed by atoms with E-state index >= 15 is 0 Å². The van der Waals surface area contributed by atoms with Gasteiger partial charge in [-0.15, -0.1) is 10.2 Å². The quantitative estimate of drug-likeness (QED) is 0.792. The van der Waals surface area contributed by atoms with Gasteiger partial charge < -0.3 is 9.80 Å². The normalized spacial score (nSPS) is 18.9. The van der Waals surface area contributed by atoms with Crippen molar-refractivity contribution in [2.75, 3.05) is 44.2 Å². The molecular weight excluding hydrogens is 372 g/mol. The van der Waals surface area contributed by atoms with Crippen molar-refractivity contribution in [1.82, 2.24) is 20.0 Å². The molecular formula is C20H24N6OS. The van der Waals surface area contributed by atoms with E-state index in [1.54, 1.807) is 24.3 Å². The number of carbonyl (C=O) groups is 1. The Morgan fingerprint density at radius 3 is 2.57 bits per heavy atom. The zero-order valence-electron chi connectivity index (χ0n) is 16.0. The van der Waals surface area contributed by atoms with Crippen LogP contribution in [0, 0.1) is 11.3 Å². The molecule has 0 unspecified atom stereocenters. The SMILES string of the molecule is CC(=O)N1CCN(C2CCN(c3nnc(-c4cccc(C#N)c4)s3)CC2)CC1. The number of carbonyl (C=O) groups excluding carboxylic acids is 1. The van der Waals surface area contributed by atoms with Crippen molar-refractivity contribution >= 4 is 22.4 Å². The number of benzene rings is 1. The second-order valence-corrected chi connectivity index (χ2v) is 8.30. The zero-order chi connectivity index (χ0) is 19.5. The molecule has 0 radical (unpaired) electrons. The van der Waals surface area contributed by atoms with Crippen LogP contribution in [0.2, 0.25) is 0 Å². The summed E-state index contributed by atoms with van der Waals surface area (Å²) < 4.78 is 0. The van der Waals surface area contributed by atoms with Crippen LogP contribution in [0.25, 0.3) is 10.6 Å². The number of nitriles is 1. The number of aromatic nitrogens is 2. The minimum absolute atomic E-state index is 0.182. The lowest BCUT2D eigenvalue weighted by atomic mass is 10.0. The van der Waals surface area contributed by atoms with Gasteiger partial charge in [0, 0.05) is 57.8 Å². The van der Waals surface area contributed by atoms with Crippen molar-refractivity contribution in [1.29, 1.82) is 5.26 Å². The topological polar surface area (TPSA) is 76.4 Å². The molecule has 4 rings (SSSR count). The molecule has 0 bridgehead atoms. The van der Waals surface area contributed by atoms with Crippen LogP contribution in [-0.2, 0) is 4.79 Å². The lowest BCUT2D eigenvalue weighted by molar-refractivity contribution is -0.130. The lowest BCUT2D eigenvalue weighted by Crippen LogP contribution is -2.54. The molecule has 1 aromatic heterocycles. The third kappa shape index (κ3) is 4.01. The molecule has 2 aliphatic heterocycles. The Kier molecular flexibility index (Phi) is 5.55. The van der Waals surface area contributed by atoms with Crippen molar-refractivity contribution in [2.24, 2.45) is 0 Å². The van der Waals surface area contributed by atoms with Gasteiger partial charge in [-0.05, 0) is 25.0 Å². The highest BCUT2D eigenvalue weighted by atomic mass is 32.1. The first kappa shape index (κ1) is 18.8. The monoisotopic (exact) mass is 396 g/mol. The van der Waals surface area contributed by atoms with E-state index in [2.05, 4.69) is 26.1 Å². The zero-order valence-corrected chi connectivity index (χ0v) is 16.9. The Morgan fingerprint density at radius 2 is 1.89 bits per heavy atom. The third-order valence-corrected chi connectivity index (χ3v) is 6.70. The molecule has 3 heterocycles. The summed E-state index contributed by atoms with van der Waals surface area (Å²) in [7, 11) is 0. The number of nitrogens with zero attached hydrogens (tertiary/aromatic N) is 6. The number of anilines is 1. The van der Waals surface area contributed by atoms with Crippen LogP contribution in [-0.4, -0.2) is 71.2 Å². The van der Waals surface area contributed by atoms with E-state index in [1.807, 2.05) is 23.1 Å². The van der Waals surface area contributed by atoms with Crippen LogP contribution in [0.3, 0.4) is 0 Å². The Balaban J connectivity index is 1.34. The number of hydrogen-bond donors (Lipinski definition) is 0. The average Bonchev–Trinajstić information content (AvgIpc) is 3.24. The van der Waals surface area contributed by atoms with Crippen molar-refractivity contribution < 1.29 is 4.79 Å². The highest BCUT2D eigenvalue weighted by Crippen LogP contribution is 2.31. The van der Waals surface area contributed by atoms with Crippen LogP contribution < -0.4 is 4.90 Å². The predicted molar refractivity (Wildman–Crippen MR) is 109 cm³/mol. The van der Waals surface area contributed by atoms with Crippen molar-refractivity contribution in [3.8, 4) is 16.6 Å². The van der Waals surface area contributed by atoms with E-state index in [9.17, 15) is 4.79 Å². The van der Waals surface area contributed by atoms with E-state index in [1.165, 1.54) is 0 Å². The summed E-state index contributed by atoms with van der Waals surface area (Å²) in [6.45, 7) is 7.24. The second-order valence-electron chi connectivity index (χ2n) is 7.34. The first-order valence-electron chi connectivity index (χ1n) is 9.72. The van der Waals surface area contributed by atoms with Crippen LogP contribution in [0.4, 0.5) is 5.13 Å². The Labute approximate surface area is 169 Å². The molecule has 0 spiro atoms. The van der Waals surface area contributed by atoms with Gasteiger partial charge in [0.25, 0.3) is 0 Å². The van der Waals surface area contributed by atoms with Gasteiger partial charge in [-0.25, -0.2) is 0 Å². The van der Waals surface area contributed by atoms with Gasteiger partial charge in [-0.1, -0.05) is 23.5 Å². The summed E-state index contributed by atoms with van der Waals surface area (Å²) in [5.41, 5.74) is 1.58. The number of piperidine rings is 1. The van der Waals surface area contributed by atoms with E-state index in [4.69, 9.17) is 5.26 Å². The summed E-state index contributed by atoms with van der Waals surface area (Å²) in [6, 6.07) is 10.3. The van der Waals surface area contributed by atoms with Gasteiger partial charge in [0.05, 0.1) is 11.6 Å². The highest BCUT2D eigenvalue weighted by Gasteiger charge is 2.29. The summed E-state index contributed by atoms with van der Waals surface area (Å²) in [6.07, 6.45) is 2.22. The molecule has 1 amide bonds. The summed E-state index contributed by atoms with van der Waals surface area (Å²) in [4.78, 5) is 18.3. The molecule has 2 saturated heterocycles. The van der Waals surface area contributed by atoms with Crippen LogP contribution in [0.5, 0.6) is 0 Å². The van der Waals surface area contributed by atoms with Gasteiger partial charge in [0.15, 0.2) is 0 Å². The minimum Gasteiger partial charge on any atom is -0.347 e. The number of piperazine rings is 1. The van der Waals surface area contributed by atoms with Crippen molar-refractivity contribution in [3.05, 3.63) is 29.8 Å². The number of rotatable bonds is 3. The van der Waals surface area contributed by atoms with E-state index in [-0.39, 0.29) is 5.91 Å². The predicted octanol–water partition coefficient (Wildman–Crippen LogP) is 2.21. The van der Waals surface area contributed by atoms with Crippen LogP contribution in [0.15, 0.2) is 24.3 Å². The summed E-state index contributed by atoms with van der Waals surface area (Å²) in [5.74, 6) is 0.182. The van der Waals surface area contributed by atoms with E-state index in [0.29, 0.717) is 11.6 Å². The minimum atomic E-state index is 0.182. The molecule has 2 fully saturated rings. The van der Waals surface area contributed by atoms with Crippen LogP contribution in [0.1, 0.15) is 25.3 Å². The average molecular weight is 397 g/mol. The molecule has 2 aromatic rings. The van der Waals surface area contributed by atoms with Gasteiger partial charge in [-0.2, -0.15) is 5.26 Å². The maximum atomic E-state index is 11.5. The van der Waals surface area contributed by atoms with Gasteiger partial charge in [0.2, 0.25) is 11.0 Å². The van der Waals surface area contributed by atoms with Gasteiger partial charge >= 0.3 is 0 Å². The van der Waals surface area contributed by atoms with E-state index in [0.717, 1.165) is 67.8 Å². The standard InChI is InChI=1S/C20H24N6OS/c1-15(27)24-9-11-25(12-10-24)18-5-7-26(8-6-18)20-23-22-19(28-20)17-4-2-3-16(13-17)14-21/h2-4,13,18H,5-12H2,1H3. The lowest BCUT2D eigenvalue weighted by Gasteiger charge is -2.42. The van der Waals surface area contributed by atoms with Gasteiger partial charge in [0.1, 0.15) is 5.01 Å². The Morgan fingerprint density at radius 1 is 1.14 bits per heavy atom. The number of amides is 1. The summed E-state index contributed by atoms with van der Waals surface area (Å²) >= 11 is 1.59. The van der Waals surface area contributed by atoms with Crippen molar-refractivity contribution in [2.45, 2.75) is 25.8 Å². The fourth-order valence-corrected chi connectivity index (χ4v) is 4.90. The molecule has 0 aliphatic carbocycles. The first-order chi connectivity index (χ1) is 13.6. The highest BCUT2D eigenvalue weighted by molar-refractivity contribution is 7.18. The fraction of sp³-hybridized carbons (Fsp3) is 0.500. The smallest absolute Gasteiger partial charge is 0.219 e. The third-order valence-electron chi connectivity index (χ3n) is 5.66. The molecule has 7 nitrogen and oxygen atoms in total. The van der Waals surface area contributed by atoms with Crippen LogP contribution >= 0.6 is 11.3 Å². The molecule has 146 valence electrons. The Hall–Kier alpha value is -2.50. The second kappa shape index (κ2) is 8.25. The maximum Gasteiger partial charge on any atom is 0.219 e. The van der Waals surface area contributed by atoms with Gasteiger partial charge in [-0.3, -0.25) is 9.69 Å².